The Balaban J connectivity index is 1.52. The second kappa shape index (κ2) is 6.84. The predicted octanol–water partition coefficient (Wildman–Crippen LogP) is 2.32. The molecule has 2 aliphatic rings. The molecule has 0 saturated carbocycles. The molecule has 1 aromatic rings. The smallest absolute Gasteiger partial charge is 0.260 e. The van der Waals surface area contributed by atoms with E-state index in [4.69, 9.17) is 16.3 Å². The van der Waals surface area contributed by atoms with Crippen molar-refractivity contribution in [1.82, 2.24) is 10.2 Å². The van der Waals surface area contributed by atoms with Gasteiger partial charge in [-0.15, -0.1) is 0 Å². The third-order valence-electron chi connectivity index (χ3n) is 4.63. The molecule has 6 heteroatoms. The molecule has 2 fully saturated rings. The Morgan fingerprint density at radius 1 is 1.32 bits per heavy atom. The molecule has 2 saturated heterocycles. The van der Waals surface area contributed by atoms with Gasteiger partial charge in [0, 0.05) is 19.2 Å². The van der Waals surface area contributed by atoms with E-state index < -0.39 is 5.82 Å². The van der Waals surface area contributed by atoms with Crippen LogP contribution in [0.15, 0.2) is 18.2 Å². The van der Waals surface area contributed by atoms with Crippen LogP contribution in [0.2, 0.25) is 5.02 Å². The van der Waals surface area contributed by atoms with Crippen LogP contribution in [0.4, 0.5) is 4.39 Å². The van der Waals surface area contributed by atoms with Gasteiger partial charge in [0.25, 0.3) is 5.91 Å². The Labute approximate surface area is 134 Å². The van der Waals surface area contributed by atoms with Gasteiger partial charge in [0.15, 0.2) is 6.61 Å². The first-order valence-corrected chi connectivity index (χ1v) is 8.07. The van der Waals surface area contributed by atoms with Crippen LogP contribution in [0.3, 0.4) is 0 Å². The lowest BCUT2D eigenvalue weighted by molar-refractivity contribution is -0.133. The molecule has 0 spiro atoms. The number of carbonyl (C=O) groups is 1. The van der Waals surface area contributed by atoms with Crippen molar-refractivity contribution in [3.05, 3.63) is 29.0 Å². The zero-order chi connectivity index (χ0) is 15.5. The number of likely N-dealkylation sites (tertiary alicyclic amines) is 1. The van der Waals surface area contributed by atoms with Crippen molar-refractivity contribution in [2.45, 2.75) is 12.8 Å². The highest BCUT2D eigenvalue weighted by atomic mass is 35.5. The van der Waals surface area contributed by atoms with Crippen LogP contribution in [0.25, 0.3) is 0 Å². The average Bonchev–Trinajstić information content (AvgIpc) is 2.87. The number of nitrogens with one attached hydrogen (secondary N) is 1. The van der Waals surface area contributed by atoms with Gasteiger partial charge < -0.3 is 15.0 Å². The van der Waals surface area contributed by atoms with Crippen LogP contribution in [-0.4, -0.2) is 43.6 Å². The second-order valence-electron chi connectivity index (χ2n) is 6.00. The third-order valence-corrected chi connectivity index (χ3v) is 4.92. The fourth-order valence-electron chi connectivity index (χ4n) is 3.27. The first-order valence-electron chi connectivity index (χ1n) is 7.70. The van der Waals surface area contributed by atoms with Crippen LogP contribution in [-0.2, 0) is 4.79 Å². The molecule has 120 valence electrons. The molecule has 2 atom stereocenters. The highest BCUT2D eigenvalue weighted by Gasteiger charge is 2.31. The number of benzene rings is 1. The van der Waals surface area contributed by atoms with E-state index >= 15 is 0 Å². The largest absolute Gasteiger partial charge is 0.484 e. The first kappa shape index (κ1) is 15.6. The van der Waals surface area contributed by atoms with Crippen molar-refractivity contribution in [3.63, 3.8) is 0 Å². The molecule has 0 unspecified atom stereocenters. The van der Waals surface area contributed by atoms with Crippen molar-refractivity contribution < 1.29 is 13.9 Å². The van der Waals surface area contributed by atoms with Crippen molar-refractivity contribution >= 4 is 17.5 Å². The Bertz CT molecular complexity index is 541. The summed E-state index contributed by atoms with van der Waals surface area (Å²) in [6.07, 6.45) is 2.09. The maximum atomic E-state index is 13.1. The van der Waals surface area contributed by atoms with Gasteiger partial charge in [-0.05, 0) is 49.9 Å². The van der Waals surface area contributed by atoms with Gasteiger partial charge in [0.05, 0.1) is 5.02 Å². The molecule has 3 rings (SSSR count). The van der Waals surface area contributed by atoms with Crippen LogP contribution >= 0.6 is 11.6 Å². The minimum Gasteiger partial charge on any atom is -0.484 e. The molecule has 22 heavy (non-hydrogen) atoms. The number of ether oxygens (including phenoxy) is 1. The lowest BCUT2D eigenvalue weighted by atomic mass is 9.92. The molecule has 4 nitrogen and oxygen atoms in total. The van der Waals surface area contributed by atoms with Gasteiger partial charge in [-0.25, -0.2) is 4.39 Å². The topological polar surface area (TPSA) is 41.6 Å². The molecule has 1 N–H and O–H groups in total. The summed E-state index contributed by atoms with van der Waals surface area (Å²) in [6.45, 7) is 3.68. The molecule has 1 amide bonds. The minimum absolute atomic E-state index is 0.0000432. The summed E-state index contributed by atoms with van der Waals surface area (Å²) < 4.78 is 18.5. The predicted molar refractivity (Wildman–Crippen MR) is 82.6 cm³/mol. The summed E-state index contributed by atoms with van der Waals surface area (Å²) in [7, 11) is 0. The van der Waals surface area contributed by atoms with E-state index in [9.17, 15) is 9.18 Å². The molecule has 0 aromatic heterocycles. The fourth-order valence-corrected chi connectivity index (χ4v) is 3.44. The Morgan fingerprint density at radius 2 is 2.00 bits per heavy atom. The summed E-state index contributed by atoms with van der Waals surface area (Å²) >= 11 is 5.70. The van der Waals surface area contributed by atoms with Crippen LogP contribution < -0.4 is 10.1 Å². The SMILES string of the molecule is O=C(COc1ccc(F)c(Cl)c1)N1CC[C@@H]2CNC[C@@H]2CC1. The lowest BCUT2D eigenvalue weighted by Crippen LogP contribution is -2.36. The van der Waals surface area contributed by atoms with Gasteiger partial charge >= 0.3 is 0 Å². The van der Waals surface area contributed by atoms with E-state index in [2.05, 4.69) is 5.32 Å². The van der Waals surface area contributed by atoms with E-state index in [-0.39, 0.29) is 17.5 Å². The van der Waals surface area contributed by atoms with Crippen LogP contribution in [0, 0.1) is 17.7 Å². The van der Waals surface area contributed by atoms with E-state index in [1.165, 1.54) is 18.2 Å². The molecular formula is C16H20ClFN2O2. The lowest BCUT2D eigenvalue weighted by Gasteiger charge is -2.21. The number of nitrogens with zero attached hydrogens (tertiary/aromatic N) is 1. The summed E-state index contributed by atoms with van der Waals surface area (Å²) in [5, 5.41) is 3.42. The number of halogens is 2. The number of hydrogen-bond acceptors (Lipinski definition) is 3. The van der Waals surface area contributed by atoms with Crippen LogP contribution in [0.5, 0.6) is 5.75 Å². The molecule has 0 bridgehead atoms. The number of rotatable bonds is 3. The molecule has 0 radical (unpaired) electrons. The average molecular weight is 327 g/mol. The Kier molecular flexibility index (Phi) is 4.84. The normalized spacial score (nSPS) is 24.7. The zero-order valence-corrected chi connectivity index (χ0v) is 13.1. The summed E-state index contributed by atoms with van der Waals surface area (Å²) in [5.41, 5.74) is 0. The Hall–Kier alpha value is -1.33. The molecule has 0 aliphatic carbocycles. The summed E-state index contributed by atoms with van der Waals surface area (Å²) in [6, 6.07) is 4.11. The number of hydrogen-bond donors (Lipinski definition) is 1. The summed E-state index contributed by atoms with van der Waals surface area (Å²) in [5.74, 6) is 1.28. The van der Waals surface area contributed by atoms with Crippen molar-refractivity contribution in [3.8, 4) is 5.75 Å². The van der Waals surface area contributed by atoms with Gasteiger partial charge in [-0.1, -0.05) is 11.6 Å². The maximum Gasteiger partial charge on any atom is 0.260 e. The number of fused-ring (bicyclic) bond motifs is 1. The molecule has 1 aromatic carbocycles. The van der Waals surface area contributed by atoms with Crippen molar-refractivity contribution in [2.24, 2.45) is 11.8 Å². The second-order valence-corrected chi connectivity index (χ2v) is 6.41. The molecular weight excluding hydrogens is 307 g/mol. The maximum absolute atomic E-state index is 13.1. The van der Waals surface area contributed by atoms with Gasteiger partial charge in [0.1, 0.15) is 11.6 Å². The highest BCUT2D eigenvalue weighted by Crippen LogP contribution is 2.27. The Morgan fingerprint density at radius 3 is 2.64 bits per heavy atom. The first-order chi connectivity index (χ1) is 10.6. The summed E-state index contributed by atoms with van der Waals surface area (Å²) in [4.78, 5) is 14.2. The zero-order valence-electron chi connectivity index (χ0n) is 12.4. The standard InChI is InChI=1S/C16H20ClFN2O2/c17-14-7-13(1-2-15(14)18)22-10-16(21)20-5-3-11-8-19-9-12(11)4-6-20/h1-2,7,11-12,19H,3-6,8-10H2/t11-,12+. The minimum atomic E-state index is -0.493. The molecule has 2 aliphatic heterocycles. The van der Waals surface area contributed by atoms with Crippen molar-refractivity contribution in [1.29, 1.82) is 0 Å². The molecule has 2 heterocycles. The van der Waals surface area contributed by atoms with Gasteiger partial charge in [-0.3, -0.25) is 4.79 Å². The van der Waals surface area contributed by atoms with Crippen LogP contribution in [0.1, 0.15) is 12.8 Å². The fraction of sp³-hybridized carbons (Fsp3) is 0.562. The van der Waals surface area contributed by atoms with E-state index in [0.29, 0.717) is 17.6 Å². The van der Waals surface area contributed by atoms with E-state index in [1.54, 1.807) is 0 Å². The number of carbonyl (C=O) groups excluding carboxylic acids is 1. The third kappa shape index (κ3) is 3.52. The van der Waals surface area contributed by atoms with Gasteiger partial charge in [-0.2, -0.15) is 0 Å². The highest BCUT2D eigenvalue weighted by molar-refractivity contribution is 6.30. The quantitative estimate of drug-likeness (QED) is 0.927. The van der Waals surface area contributed by atoms with Crippen molar-refractivity contribution in [2.75, 3.05) is 32.8 Å². The number of amides is 1. The van der Waals surface area contributed by atoms with Gasteiger partial charge in [0.2, 0.25) is 0 Å². The van der Waals surface area contributed by atoms with E-state index in [1.807, 2.05) is 4.90 Å². The monoisotopic (exact) mass is 326 g/mol. The van der Waals surface area contributed by atoms with E-state index in [0.717, 1.165) is 39.0 Å².